The summed E-state index contributed by atoms with van der Waals surface area (Å²) in [6, 6.07) is 0. The second-order valence-electron chi connectivity index (χ2n) is 4.33. The van der Waals surface area contributed by atoms with Gasteiger partial charge in [0.1, 0.15) is 0 Å². The number of carbonyl (C=O) groups is 2. The van der Waals surface area contributed by atoms with Gasteiger partial charge in [0, 0.05) is 6.92 Å². The molecule has 0 aromatic rings. The predicted molar refractivity (Wildman–Crippen MR) is 61.9 cm³/mol. The van der Waals surface area contributed by atoms with Gasteiger partial charge >= 0.3 is 5.97 Å². The first-order valence-corrected chi connectivity index (χ1v) is 5.53. The van der Waals surface area contributed by atoms with Crippen LogP contribution in [0.3, 0.4) is 0 Å². The molecule has 3 heteroatoms. The van der Waals surface area contributed by atoms with E-state index in [1.807, 2.05) is 6.08 Å². The van der Waals surface area contributed by atoms with Crippen LogP contribution in [0.25, 0.3) is 0 Å². The van der Waals surface area contributed by atoms with Gasteiger partial charge in [0.2, 0.25) is 5.78 Å². The fourth-order valence-electron chi connectivity index (χ4n) is 2.00. The van der Waals surface area contributed by atoms with Crippen molar-refractivity contribution in [1.82, 2.24) is 0 Å². The number of hydrogen-bond donors (Lipinski definition) is 0. The van der Waals surface area contributed by atoms with E-state index in [0.29, 0.717) is 5.57 Å². The normalized spacial score (nSPS) is 24.9. The molecule has 88 valence electrons. The van der Waals surface area contributed by atoms with E-state index >= 15 is 0 Å². The molecule has 3 nitrogen and oxygen atoms in total. The molecule has 0 fully saturated rings. The van der Waals surface area contributed by atoms with E-state index in [1.165, 1.54) is 6.92 Å². The zero-order valence-corrected chi connectivity index (χ0v) is 10.3. The summed E-state index contributed by atoms with van der Waals surface area (Å²) in [4.78, 5) is 23.0. The van der Waals surface area contributed by atoms with Crippen LogP contribution < -0.4 is 0 Å². The number of ketones is 1. The van der Waals surface area contributed by atoms with Crippen molar-refractivity contribution in [3.05, 3.63) is 23.3 Å². The molecule has 1 unspecified atom stereocenters. The summed E-state index contributed by atoms with van der Waals surface area (Å²) in [7, 11) is 0. The first-order valence-electron chi connectivity index (χ1n) is 5.53. The summed E-state index contributed by atoms with van der Waals surface area (Å²) in [5.41, 5.74) is 0.591. The lowest BCUT2D eigenvalue weighted by Crippen LogP contribution is -2.40. The molecule has 16 heavy (non-hydrogen) atoms. The Bertz CT molecular complexity index is 377. The Hall–Kier alpha value is -1.38. The smallest absolute Gasteiger partial charge is 0.303 e. The summed E-state index contributed by atoms with van der Waals surface area (Å²) in [6.07, 6.45) is 5.52. The lowest BCUT2D eigenvalue weighted by Gasteiger charge is -2.28. The highest BCUT2D eigenvalue weighted by Gasteiger charge is 2.37. The number of allylic oxidation sites excluding steroid dienone is 2. The van der Waals surface area contributed by atoms with Crippen molar-refractivity contribution in [3.63, 3.8) is 0 Å². The Morgan fingerprint density at radius 3 is 2.62 bits per heavy atom. The fourth-order valence-corrected chi connectivity index (χ4v) is 2.00. The van der Waals surface area contributed by atoms with Crippen LogP contribution in [-0.4, -0.2) is 17.4 Å². The zero-order chi connectivity index (χ0) is 12.3. The lowest BCUT2D eigenvalue weighted by molar-refractivity contribution is -0.157. The monoisotopic (exact) mass is 222 g/mol. The molecule has 0 radical (unpaired) electrons. The third kappa shape index (κ3) is 2.60. The van der Waals surface area contributed by atoms with Crippen LogP contribution in [0.1, 0.15) is 40.5 Å². The molecule has 1 aliphatic rings. The minimum atomic E-state index is -1.12. The summed E-state index contributed by atoms with van der Waals surface area (Å²) < 4.78 is 5.13. The van der Waals surface area contributed by atoms with Crippen molar-refractivity contribution >= 4 is 11.8 Å². The van der Waals surface area contributed by atoms with Gasteiger partial charge in [-0.3, -0.25) is 9.59 Å². The van der Waals surface area contributed by atoms with E-state index in [1.54, 1.807) is 19.9 Å². The zero-order valence-electron chi connectivity index (χ0n) is 10.3. The Morgan fingerprint density at radius 1 is 1.50 bits per heavy atom. The second-order valence-corrected chi connectivity index (χ2v) is 4.33. The minimum absolute atomic E-state index is 0.137. The number of ether oxygens (including phenoxy) is 1. The van der Waals surface area contributed by atoms with Crippen molar-refractivity contribution in [2.75, 3.05) is 0 Å². The van der Waals surface area contributed by atoms with Crippen LogP contribution in [0.4, 0.5) is 0 Å². The van der Waals surface area contributed by atoms with Gasteiger partial charge in [-0.1, -0.05) is 19.4 Å². The van der Waals surface area contributed by atoms with Gasteiger partial charge in [0.15, 0.2) is 5.60 Å². The number of hydrogen-bond acceptors (Lipinski definition) is 3. The van der Waals surface area contributed by atoms with Gasteiger partial charge in [0.25, 0.3) is 0 Å². The van der Waals surface area contributed by atoms with Crippen molar-refractivity contribution in [2.45, 2.75) is 46.1 Å². The van der Waals surface area contributed by atoms with Crippen LogP contribution in [0.2, 0.25) is 0 Å². The van der Waals surface area contributed by atoms with Crippen LogP contribution in [0, 0.1) is 0 Å². The molecular weight excluding hydrogens is 204 g/mol. The van der Waals surface area contributed by atoms with Gasteiger partial charge < -0.3 is 4.74 Å². The molecule has 1 aliphatic carbocycles. The summed E-state index contributed by atoms with van der Waals surface area (Å²) in [6.45, 7) is 6.79. The molecule has 0 amide bonds. The van der Waals surface area contributed by atoms with Gasteiger partial charge in [0.05, 0.1) is 0 Å². The average Bonchev–Trinajstić information content (AvgIpc) is 2.13. The molecule has 0 saturated carbocycles. The molecule has 1 rings (SSSR count). The minimum Gasteiger partial charge on any atom is -0.447 e. The van der Waals surface area contributed by atoms with Crippen molar-refractivity contribution in [1.29, 1.82) is 0 Å². The van der Waals surface area contributed by atoms with Gasteiger partial charge in [-0.05, 0) is 37.5 Å². The highest BCUT2D eigenvalue weighted by Crippen LogP contribution is 2.28. The molecule has 0 heterocycles. The van der Waals surface area contributed by atoms with Gasteiger partial charge in [-0.15, -0.1) is 0 Å². The summed E-state index contributed by atoms with van der Waals surface area (Å²) in [5.74, 6) is -0.569. The number of carbonyl (C=O) groups excluding carboxylic acids is 2. The lowest BCUT2D eigenvalue weighted by atomic mass is 9.85. The summed E-state index contributed by atoms with van der Waals surface area (Å²) in [5, 5.41) is 0. The second kappa shape index (κ2) is 4.64. The van der Waals surface area contributed by atoms with Crippen molar-refractivity contribution in [2.24, 2.45) is 0 Å². The van der Waals surface area contributed by atoms with E-state index in [0.717, 1.165) is 18.4 Å². The fraction of sp³-hybridized carbons (Fsp3) is 0.538. The summed E-state index contributed by atoms with van der Waals surface area (Å²) >= 11 is 0. The van der Waals surface area contributed by atoms with Crippen LogP contribution >= 0.6 is 0 Å². The van der Waals surface area contributed by atoms with E-state index < -0.39 is 11.6 Å². The van der Waals surface area contributed by atoms with E-state index in [4.69, 9.17) is 4.74 Å². The predicted octanol–water partition coefficient (Wildman–Crippen LogP) is 2.56. The highest BCUT2D eigenvalue weighted by molar-refractivity contribution is 6.05. The van der Waals surface area contributed by atoms with Crippen LogP contribution in [0.15, 0.2) is 23.3 Å². The maximum Gasteiger partial charge on any atom is 0.303 e. The standard InChI is InChI=1S/C13H18O3/c1-5-6-11-7-9(2)12(15)13(4,8-11)16-10(3)14/h7-8H,5-6H2,1-4H3. The third-order valence-electron chi connectivity index (χ3n) is 2.57. The molecule has 0 aromatic heterocycles. The highest BCUT2D eigenvalue weighted by atomic mass is 16.6. The Labute approximate surface area is 96.2 Å². The molecule has 1 atom stereocenters. The Kier molecular flexibility index (Phi) is 3.68. The number of rotatable bonds is 3. The van der Waals surface area contributed by atoms with Gasteiger partial charge in [-0.25, -0.2) is 0 Å². The molecule has 0 spiro atoms. The SMILES string of the molecule is CCCC1=CC(C)(OC(C)=O)C(=O)C(C)=C1. The van der Waals surface area contributed by atoms with Crippen molar-refractivity contribution in [3.8, 4) is 0 Å². The topological polar surface area (TPSA) is 43.4 Å². The molecular formula is C13H18O3. The quantitative estimate of drug-likeness (QED) is 0.689. The van der Waals surface area contributed by atoms with Crippen LogP contribution in [0.5, 0.6) is 0 Å². The molecule has 0 aliphatic heterocycles. The largest absolute Gasteiger partial charge is 0.447 e. The van der Waals surface area contributed by atoms with E-state index in [-0.39, 0.29) is 5.78 Å². The first kappa shape index (κ1) is 12.7. The Balaban J connectivity index is 3.04. The molecule has 0 aromatic carbocycles. The Morgan fingerprint density at radius 2 is 2.12 bits per heavy atom. The van der Waals surface area contributed by atoms with Crippen LogP contribution in [-0.2, 0) is 14.3 Å². The molecule has 0 N–H and O–H groups in total. The third-order valence-corrected chi connectivity index (χ3v) is 2.57. The van der Waals surface area contributed by atoms with E-state index in [2.05, 4.69) is 6.92 Å². The van der Waals surface area contributed by atoms with Crippen molar-refractivity contribution < 1.29 is 14.3 Å². The number of esters is 1. The maximum atomic E-state index is 11.9. The van der Waals surface area contributed by atoms with E-state index in [9.17, 15) is 9.59 Å². The maximum absolute atomic E-state index is 11.9. The number of Topliss-reactive ketones (excluding diaryl/α,β-unsaturated/α-hetero) is 1. The van der Waals surface area contributed by atoms with Gasteiger partial charge in [-0.2, -0.15) is 0 Å². The average molecular weight is 222 g/mol. The molecule has 0 saturated heterocycles. The first-order chi connectivity index (χ1) is 7.39. The molecule has 0 bridgehead atoms.